The largest absolute Gasteiger partial charge is 0.466 e. The summed E-state index contributed by atoms with van der Waals surface area (Å²) in [5.74, 6) is -0.331. The zero-order valence-electron chi connectivity index (χ0n) is 10.5. The number of hydrogen-bond acceptors (Lipinski definition) is 4. The van der Waals surface area contributed by atoms with Crippen molar-refractivity contribution < 1.29 is 9.53 Å². The van der Waals surface area contributed by atoms with Crippen LogP contribution >= 0.6 is 22.6 Å². The Balaban J connectivity index is 2.93. The second kappa shape index (κ2) is 6.17. The average Bonchev–Trinajstić information content (AvgIpc) is 2.32. The molecule has 0 aliphatic carbocycles. The van der Waals surface area contributed by atoms with Crippen molar-refractivity contribution in [1.29, 1.82) is 0 Å². The first-order chi connectivity index (χ1) is 8.36. The molecular weight excluding hydrogens is 351 g/mol. The van der Waals surface area contributed by atoms with Crippen LogP contribution in [-0.4, -0.2) is 21.7 Å². The summed E-state index contributed by atoms with van der Waals surface area (Å²) >= 11 is 1.94. The lowest BCUT2D eigenvalue weighted by Crippen LogP contribution is -2.40. The van der Waals surface area contributed by atoms with E-state index in [9.17, 15) is 14.4 Å². The van der Waals surface area contributed by atoms with Crippen LogP contribution in [0.1, 0.15) is 19.0 Å². The summed E-state index contributed by atoms with van der Waals surface area (Å²) in [5.41, 5.74) is 0.0416. The number of rotatable bonds is 4. The van der Waals surface area contributed by atoms with Gasteiger partial charge in [0, 0.05) is 26.7 Å². The van der Waals surface area contributed by atoms with E-state index >= 15 is 0 Å². The summed E-state index contributed by atoms with van der Waals surface area (Å²) in [6, 6.07) is 0. The second-order valence-electron chi connectivity index (χ2n) is 3.91. The van der Waals surface area contributed by atoms with E-state index in [0.29, 0.717) is 22.1 Å². The Morgan fingerprint density at radius 1 is 1.28 bits per heavy atom. The third-order valence-electron chi connectivity index (χ3n) is 2.59. The quantitative estimate of drug-likeness (QED) is 0.433. The third-order valence-corrected chi connectivity index (χ3v) is 3.67. The van der Waals surface area contributed by atoms with Crippen LogP contribution in [0, 0.1) is 3.57 Å². The molecule has 0 unspecified atom stereocenters. The Bertz CT molecular complexity index is 536. The van der Waals surface area contributed by atoms with Crippen LogP contribution in [0.5, 0.6) is 0 Å². The van der Waals surface area contributed by atoms with Crippen molar-refractivity contribution >= 4 is 28.6 Å². The lowest BCUT2D eigenvalue weighted by Gasteiger charge is -2.11. The first-order valence-electron chi connectivity index (χ1n) is 5.44. The third kappa shape index (κ3) is 3.21. The molecule has 1 rings (SSSR count). The molecule has 100 valence electrons. The van der Waals surface area contributed by atoms with Crippen molar-refractivity contribution in [3.05, 3.63) is 30.1 Å². The van der Waals surface area contributed by atoms with Crippen molar-refractivity contribution in [1.82, 2.24) is 9.13 Å². The normalized spacial score (nSPS) is 10.4. The van der Waals surface area contributed by atoms with Gasteiger partial charge in [-0.15, -0.1) is 0 Å². The Morgan fingerprint density at radius 3 is 2.44 bits per heavy atom. The van der Waals surface area contributed by atoms with Crippen molar-refractivity contribution in [3.63, 3.8) is 0 Å². The van der Waals surface area contributed by atoms with Crippen LogP contribution in [0.3, 0.4) is 0 Å². The first-order valence-corrected chi connectivity index (χ1v) is 6.52. The molecule has 0 aliphatic heterocycles. The molecule has 1 aromatic rings. The van der Waals surface area contributed by atoms with Crippen LogP contribution in [0.2, 0.25) is 0 Å². The van der Waals surface area contributed by atoms with Crippen LogP contribution in [-0.2, 0) is 30.0 Å². The van der Waals surface area contributed by atoms with Gasteiger partial charge in [-0.25, -0.2) is 4.79 Å². The van der Waals surface area contributed by atoms with Crippen molar-refractivity contribution in [2.75, 3.05) is 6.61 Å². The van der Waals surface area contributed by atoms with Gasteiger partial charge in [0.1, 0.15) is 0 Å². The van der Waals surface area contributed by atoms with Crippen LogP contribution < -0.4 is 11.2 Å². The highest BCUT2D eigenvalue weighted by Crippen LogP contribution is 2.07. The number of nitrogens with zero attached hydrogens (tertiary/aromatic N) is 2. The molecule has 0 atom stereocenters. The van der Waals surface area contributed by atoms with Gasteiger partial charge in [0.05, 0.1) is 10.2 Å². The fraction of sp³-hybridized carbons (Fsp3) is 0.545. The molecule has 0 radical (unpaired) electrons. The van der Waals surface area contributed by atoms with E-state index in [0.717, 1.165) is 4.57 Å². The van der Waals surface area contributed by atoms with Crippen LogP contribution in [0.25, 0.3) is 0 Å². The Morgan fingerprint density at radius 2 is 1.89 bits per heavy atom. The number of esters is 1. The zero-order valence-corrected chi connectivity index (χ0v) is 12.7. The van der Waals surface area contributed by atoms with Crippen LogP contribution in [0.4, 0.5) is 0 Å². The number of carbonyl (C=O) groups excluding carboxylic acids is 1. The molecule has 0 bridgehead atoms. The second-order valence-corrected chi connectivity index (χ2v) is 4.99. The van der Waals surface area contributed by atoms with Gasteiger partial charge in [0.2, 0.25) is 0 Å². The molecule has 6 nitrogen and oxygen atoms in total. The predicted molar refractivity (Wildman–Crippen MR) is 74.6 cm³/mol. The molecule has 1 aromatic heterocycles. The fourth-order valence-corrected chi connectivity index (χ4v) is 2.57. The molecule has 0 aromatic carbocycles. The minimum absolute atomic E-state index is 0.287. The molecule has 0 aliphatic rings. The Kier molecular flexibility index (Phi) is 5.12. The summed E-state index contributed by atoms with van der Waals surface area (Å²) in [6.07, 6.45) is 1.10. The Hall–Kier alpha value is -1.12. The summed E-state index contributed by atoms with van der Waals surface area (Å²) < 4.78 is 7.88. The zero-order chi connectivity index (χ0) is 13.9. The van der Waals surface area contributed by atoms with Crippen molar-refractivity contribution in [2.24, 2.45) is 14.1 Å². The summed E-state index contributed by atoms with van der Waals surface area (Å²) in [7, 11) is 3.08. The molecule has 1 heterocycles. The van der Waals surface area contributed by atoms with Gasteiger partial charge in [-0.1, -0.05) is 0 Å². The average molecular weight is 366 g/mol. The van der Waals surface area contributed by atoms with Gasteiger partial charge in [-0.3, -0.25) is 18.7 Å². The van der Waals surface area contributed by atoms with E-state index in [-0.39, 0.29) is 23.8 Å². The van der Waals surface area contributed by atoms with Gasteiger partial charge in [0.15, 0.2) is 0 Å². The molecule has 0 fully saturated rings. The molecular formula is C11H15IN2O4. The fourth-order valence-electron chi connectivity index (χ4n) is 1.58. The maximum atomic E-state index is 11.8. The maximum Gasteiger partial charge on any atom is 0.330 e. The molecule has 0 saturated heterocycles. The number of carbonyl (C=O) groups is 1. The van der Waals surface area contributed by atoms with Gasteiger partial charge < -0.3 is 4.74 Å². The smallest absolute Gasteiger partial charge is 0.330 e. The lowest BCUT2D eigenvalue weighted by molar-refractivity contribution is -0.141. The lowest BCUT2D eigenvalue weighted by atomic mass is 10.2. The number of hydrogen-bond donors (Lipinski definition) is 0. The van der Waals surface area contributed by atoms with E-state index in [2.05, 4.69) is 0 Å². The van der Waals surface area contributed by atoms with Gasteiger partial charge in [-0.05, 0) is 35.4 Å². The van der Waals surface area contributed by atoms with Gasteiger partial charge >= 0.3 is 11.7 Å². The number of aromatic nitrogens is 2. The van der Waals surface area contributed by atoms with E-state index in [1.54, 1.807) is 7.05 Å². The highest BCUT2D eigenvalue weighted by Gasteiger charge is 2.12. The number of ether oxygens (including phenoxy) is 1. The molecule has 0 amide bonds. The van der Waals surface area contributed by atoms with Gasteiger partial charge in [-0.2, -0.15) is 0 Å². The molecule has 0 spiro atoms. The maximum absolute atomic E-state index is 11.8. The topological polar surface area (TPSA) is 70.3 Å². The summed E-state index contributed by atoms with van der Waals surface area (Å²) in [6.45, 7) is 1.63. The van der Waals surface area contributed by atoms with Crippen molar-refractivity contribution in [2.45, 2.75) is 19.8 Å². The summed E-state index contributed by atoms with van der Waals surface area (Å²) in [4.78, 5) is 34.1. The summed E-state index contributed by atoms with van der Waals surface area (Å²) in [5, 5.41) is 0. The monoisotopic (exact) mass is 366 g/mol. The highest BCUT2D eigenvalue weighted by atomic mass is 127. The minimum Gasteiger partial charge on any atom is -0.466 e. The van der Waals surface area contributed by atoms with Gasteiger partial charge in [0.25, 0.3) is 5.56 Å². The SMILES string of the molecule is CC(=O)OCCCc1c(I)c(=O)n(C)c(=O)n1C. The van der Waals surface area contributed by atoms with Crippen molar-refractivity contribution in [3.8, 4) is 0 Å². The van der Waals surface area contributed by atoms with E-state index < -0.39 is 0 Å². The standard InChI is InChI=1S/C11H15IN2O4/c1-7(15)18-6-4-5-8-9(12)10(16)14(3)11(17)13(8)2/h4-6H2,1-3H3. The number of halogens is 1. The first kappa shape index (κ1) is 14.9. The highest BCUT2D eigenvalue weighted by molar-refractivity contribution is 14.1. The van der Waals surface area contributed by atoms with Crippen LogP contribution in [0.15, 0.2) is 9.59 Å². The van der Waals surface area contributed by atoms with E-state index in [1.165, 1.54) is 18.5 Å². The minimum atomic E-state index is -0.345. The Labute approximate surface area is 118 Å². The molecule has 7 heteroatoms. The molecule has 0 saturated carbocycles. The van der Waals surface area contributed by atoms with E-state index in [1.807, 2.05) is 22.6 Å². The predicted octanol–water partition coefficient (Wildman–Crippen LogP) is 0.184. The molecule has 0 N–H and O–H groups in total. The molecule has 18 heavy (non-hydrogen) atoms. The van der Waals surface area contributed by atoms with E-state index in [4.69, 9.17) is 4.74 Å².